The van der Waals surface area contributed by atoms with Gasteiger partial charge in [-0.15, -0.1) is 4.28 Å². The zero-order valence-corrected chi connectivity index (χ0v) is 16.7. The molecule has 13 nitrogen and oxygen atoms in total. The summed E-state index contributed by atoms with van der Waals surface area (Å²) < 4.78 is 34.9. The van der Waals surface area contributed by atoms with E-state index in [4.69, 9.17) is 19.9 Å². The van der Waals surface area contributed by atoms with E-state index in [1.807, 2.05) is 6.07 Å². The van der Waals surface area contributed by atoms with Gasteiger partial charge in [0.1, 0.15) is 6.04 Å². The quantitative estimate of drug-likeness (QED) is 0.313. The number of hydrogen-bond donors (Lipinski definition) is 3. The molecule has 3 heterocycles. The number of rotatable bonds is 8. The van der Waals surface area contributed by atoms with Crippen molar-refractivity contribution in [3.8, 4) is 12.1 Å². The number of fused-ring (bicyclic) bond motifs is 2. The van der Waals surface area contributed by atoms with Gasteiger partial charge in [-0.25, -0.2) is 10.3 Å². The van der Waals surface area contributed by atoms with Crippen molar-refractivity contribution >= 4 is 22.3 Å². The number of urea groups is 1. The summed E-state index contributed by atoms with van der Waals surface area (Å²) in [4.78, 5) is 31.2. The number of nitrogens with zero attached hydrogens (tertiary/aromatic N) is 4. The lowest BCUT2D eigenvalue weighted by Crippen LogP contribution is -2.50. The minimum absolute atomic E-state index is 0.0326. The molecule has 14 heteroatoms. The van der Waals surface area contributed by atoms with Crippen LogP contribution in [0.4, 0.5) is 4.79 Å². The van der Waals surface area contributed by atoms with E-state index in [-0.39, 0.29) is 43.9 Å². The van der Waals surface area contributed by atoms with E-state index in [9.17, 15) is 18.0 Å². The van der Waals surface area contributed by atoms with E-state index in [0.29, 0.717) is 24.4 Å². The highest BCUT2D eigenvalue weighted by Crippen LogP contribution is 2.30. The van der Waals surface area contributed by atoms with Crippen molar-refractivity contribution in [3.63, 3.8) is 0 Å². The molecule has 3 aliphatic heterocycles. The molecule has 3 rings (SSSR count). The van der Waals surface area contributed by atoms with E-state index >= 15 is 0 Å². The van der Waals surface area contributed by atoms with Crippen LogP contribution in [0.1, 0.15) is 25.7 Å². The van der Waals surface area contributed by atoms with Crippen molar-refractivity contribution < 1.29 is 31.7 Å². The Bertz CT molecular complexity index is 868. The Balaban J connectivity index is 1.46. The second kappa shape index (κ2) is 9.11. The molecule has 2 unspecified atom stereocenters. The van der Waals surface area contributed by atoms with Gasteiger partial charge in [0.15, 0.2) is 0 Å². The monoisotopic (exact) mass is 442 g/mol. The molecule has 0 spiro atoms. The standard InChI is InChI=1S/C16H22N6O7S/c17-4-3-10(6-18)11-5-12(19-7-11)9-28-20-15(23)14-2-1-13-8-21(14)16(24)22(13)29-30(25,26)27/h10-14,19H,1-3,5,7-9H2,(H,20,23)(H,25,26,27)/t10-,11-,12+,13?,14?/m1/s1. The molecule has 3 aliphatic rings. The van der Waals surface area contributed by atoms with E-state index in [0.717, 1.165) is 0 Å². The summed E-state index contributed by atoms with van der Waals surface area (Å²) in [6.07, 6.45) is 1.39. The second-order valence-corrected chi connectivity index (χ2v) is 8.49. The number of amides is 3. The van der Waals surface area contributed by atoms with Gasteiger partial charge in [-0.2, -0.15) is 24.0 Å². The van der Waals surface area contributed by atoms with E-state index in [1.54, 1.807) is 0 Å². The lowest BCUT2D eigenvalue weighted by atomic mass is 9.89. The number of hydroxylamine groups is 3. The number of nitrogens with one attached hydrogen (secondary N) is 2. The van der Waals surface area contributed by atoms with Crippen molar-refractivity contribution in [3.05, 3.63) is 0 Å². The van der Waals surface area contributed by atoms with Crippen LogP contribution in [0.25, 0.3) is 0 Å². The van der Waals surface area contributed by atoms with Crippen LogP contribution in [0.3, 0.4) is 0 Å². The Morgan fingerprint density at radius 2 is 2.17 bits per heavy atom. The molecule has 164 valence electrons. The van der Waals surface area contributed by atoms with Gasteiger partial charge in [-0.05, 0) is 31.7 Å². The highest BCUT2D eigenvalue weighted by molar-refractivity contribution is 7.80. The molecule has 0 saturated carbocycles. The summed E-state index contributed by atoms with van der Waals surface area (Å²) in [6, 6.07) is 1.80. The first-order valence-electron chi connectivity index (χ1n) is 9.42. The Hall–Kier alpha value is -2.49. The van der Waals surface area contributed by atoms with E-state index in [2.05, 4.69) is 21.1 Å². The van der Waals surface area contributed by atoms with E-state index < -0.39 is 34.4 Å². The molecule has 3 fully saturated rings. The van der Waals surface area contributed by atoms with Crippen LogP contribution in [-0.2, 0) is 24.3 Å². The molecule has 0 aromatic heterocycles. The number of hydrogen-bond acceptors (Lipinski definition) is 9. The Morgan fingerprint density at radius 3 is 2.83 bits per heavy atom. The van der Waals surface area contributed by atoms with Crippen LogP contribution < -0.4 is 10.8 Å². The highest BCUT2D eigenvalue weighted by atomic mass is 32.3. The summed E-state index contributed by atoms with van der Waals surface area (Å²) in [7, 11) is -4.85. The lowest BCUT2D eigenvalue weighted by molar-refractivity contribution is -0.139. The van der Waals surface area contributed by atoms with Gasteiger partial charge in [0.05, 0.1) is 37.1 Å². The van der Waals surface area contributed by atoms with Crippen LogP contribution in [0, 0.1) is 34.5 Å². The topological polar surface area (TPSA) is 185 Å². The smallest absolute Gasteiger partial charge is 0.311 e. The fourth-order valence-electron chi connectivity index (χ4n) is 4.09. The van der Waals surface area contributed by atoms with Crippen molar-refractivity contribution in [2.75, 3.05) is 19.7 Å². The predicted molar refractivity (Wildman–Crippen MR) is 96.7 cm³/mol. The normalized spacial score (nSPS) is 29.4. The zero-order chi connectivity index (χ0) is 21.9. The maximum absolute atomic E-state index is 12.4. The Labute approximate surface area is 173 Å². The van der Waals surface area contributed by atoms with Crippen LogP contribution >= 0.6 is 0 Å². The first-order chi connectivity index (χ1) is 14.2. The first-order valence-corrected chi connectivity index (χ1v) is 10.8. The minimum Gasteiger partial charge on any atom is -0.311 e. The third-order valence-electron chi connectivity index (χ3n) is 5.56. The van der Waals surface area contributed by atoms with Gasteiger partial charge in [-0.1, -0.05) is 0 Å². The van der Waals surface area contributed by atoms with Gasteiger partial charge in [0, 0.05) is 12.6 Å². The molecule has 5 atom stereocenters. The first kappa shape index (κ1) is 22.2. The summed E-state index contributed by atoms with van der Waals surface area (Å²) in [5.41, 5.74) is 2.31. The zero-order valence-electron chi connectivity index (χ0n) is 15.9. The molecule has 3 N–H and O–H groups in total. The molecule has 3 amide bonds. The summed E-state index contributed by atoms with van der Waals surface area (Å²) in [5.74, 6) is -0.874. The number of nitriles is 2. The third kappa shape index (κ3) is 4.97. The summed E-state index contributed by atoms with van der Waals surface area (Å²) in [5, 5.41) is 21.7. The highest BCUT2D eigenvalue weighted by Gasteiger charge is 2.49. The van der Waals surface area contributed by atoms with Gasteiger partial charge in [0.2, 0.25) is 0 Å². The fraction of sp³-hybridized carbons (Fsp3) is 0.750. The van der Waals surface area contributed by atoms with Crippen LogP contribution in [0.15, 0.2) is 0 Å². The van der Waals surface area contributed by atoms with E-state index in [1.165, 1.54) is 4.90 Å². The number of piperidine rings is 1. The average molecular weight is 442 g/mol. The number of carbonyl (C=O) groups excluding carboxylic acids is 2. The van der Waals surface area contributed by atoms with Gasteiger partial charge in [-0.3, -0.25) is 14.2 Å². The molecule has 0 aromatic carbocycles. The summed E-state index contributed by atoms with van der Waals surface area (Å²) >= 11 is 0. The molecule has 30 heavy (non-hydrogen) atoms. The largest absolute Gasteiger partial charge is 0.418 e. The maximum Gasteiger partial charge on any atom is 0.418 e. The third-order valence-corrected chi connectivity index (χ3v) is 5.91. The van der Waals surface area contributed by atoms with Crippen LogP contribution in [0.5, 0.6) is 0 Å². The molecular formula is C16H22N6O7S. The Morgan fingerprint density at radius 1 is 1.40 bits per heavy atom. The lowest BCUT2D eigenvalue weighted by Gasteiger charge is -2.29. The van der Waals surface area contributed by atoms with Crippen molar-refractivity contribution in [1.29, 1.82) is 10.5 Å². The van der Waals surface area contributed by atoms with Crippen molar-refractivity contribution in [2.24, 2.45) is 11.8 Å². The second-order valence-electron chi connectivity index (χ2n) is 7.49. The molecule has 3 saturated heterocycles. The molecule has 0 radical (unpaired) electrons. The average Bonchev–Trinajstić information content (AvgIpc) is 3.24. The Kier molecular flexibility index (Phi) is 6.74. The minimum atomic E-state index is -4.85. The SMILES string of the molecule is N#CC[C@H](C#N)[C@H]1CN[C@H](CONC(=O)C2CCC3CN2C(=O)N3OS(=O)(=O)O)C1. The van der Waals surface area contributed by atoms with Gasteiger partial charge in [0.25, 0.3) is 5.91 Å². The maximum atomic E-state index is 12.4. The molecule has 0 aliphatic carbocycles. The molecule has 0 aromatic rings. The van der Waals surface area contributed by atoms with Crippen molar-refractivity contribution in [1.82, 2.24) is 20.8 Å². The summed E-state index contributed by atoms with van der Waals surface area (Å²) in [6.45, 7) is 0.818. The predicted octanol–water partition coefficient (Wildman–Crippen LogP) is -0.931. The molecular weight excluding hydrogens is 420 g/mol. The van der Waals surface area contributed by atoms with Crippen LogP contribution in [0.2, 0.25) is 0 Å². The van der Waals surface area contributed by atoms with Crippen LogP contribution in [-0.4, -0.2) is 72.7 Å². The van der Waals surface area contributed by atoms with Gasteiger partial charge < -0.3 is 10.2 Å². The number of carbonyl (C=O) groups is 2. The fourth-order valence-corrected chi connectivity index (χ4v) is 4.47. The van der Waals surface area contributed by atoms with Gasteiger partial charge >= 0.3 is 16.4 Å². The van der Waals surface area contributed by atoms with Crippen molar-refractivity contribution in [2.45, 2.75) is 43.8 Å². The molecule has 2 bridgehead atoms.